The van der Waals surface area contributed by atoms with Gasteiger partial charge in [0, 0.05) is 43.6 Å². The van der Waals surface area contributed by atoms with E-state index in [1.165, 1.54) is 16.3 Å². The number of nitrogens with one attached hydrogen (secondary N) is 3. The third-order valence-electron chi connectivity index (χ3n) is 5.62. The lowest BCUT2D eigenvalue weighted by Gasteiger charge is -2.11. The highest BCUT2D eigenvalue weighted by Crippen LogP contribution is 2.25. The predicted molar refractivity (Wildman–Crippen MR) is 160 cm³/mol. The van der Waals surface area contributed by atoms with E-state index in [-0.39, 0.29) is 42.9 Å². The Bertz CT molecular complexity index is 1380. The van der Waals surface area contributed by atoms with Crippen LogP contribution in [0, 0.1) is 0 Å². The van der Waals surface area contributed by atoms with Crippen LogP contribution in [0.1, 0.15) is 25.3 Å². The first-order valence-corrected chi connectivity index (χ1v) is 14.7. The number of likely N-dealkylation sites (N-methyl/N-ethyl adjacent to an activating group) is 1. The van der Waals surface area contributed by atoms with Crippen molar-refractivity contribution >= 4 is 46.9 Å². The number of nitrogens with zero attached hydrogens (tertiary/aromatic N) is 4. The number of fused-ring (bicyclic) bond motifs is 1. The van der Waals surface area contributed by atoms with Gasteiger partial charge in [-0.2, -0.15) is 4.98 Å². The van der Waals surface area contributed by atoms with E-state index in [1.54, 1.807) is 18.3 Å². The van der Waals surface area contributed by atoms with Crippen LogP contribution in [0.15, 0.2) is 29.2 Å². The van der Waals surface area contributed by atoms with Crippen molar-refractivity contribution in [3.63, 3.8) is 0 Å². The van der Waals surface area contributed by atoms with Crippen LogP contribution in [0.5, 0.6) is 11.8 Å². The summed E-state index contributed by atoms with van der Waals surface area (Å²) in [6.07, 6.45) is 2.62. The fraction of sp³-hybridized carbons (Fsp3) is 0.481. The monoisotopic (exact) mass is 603 g/mol. The molecule has 3 rings (SSSR count). The molecule has 0 unspecified atom stereocenters. The van der Waals surface area contributed by atoms with Crippen LogP contribution >= 0.6 is 11.8 Å². The van der Waals surface area contributed by atoms with Crippen molar-refractivity contribution in [2.24, 2.45) is 0 Å². The quantitative estimate of drug-likeness (QED) is 0.143. The molecule has 3 N–H and O–H groups in total. The molecule has 0 atom stereocenters. The van der Waals surface area contributed by atoms with Gasteiger partial charge in [-0.25, -0.2) is 14.6 Å². The van der Waals surface area contributed by atoms with Gasteiger partial charge in [0.1, 0.15) is 25.0 Å². The average Bonchev–Trinajstić information content (AvgIpc) is 3.27. The van der Waals surface area contributed by atoms with Crippen LogP contribution in [0.2, 0.25) is 0 Å². The third kappa shape index (κ3) is 10.4. The summed E-state index contributed by atoms with van der Waals surface area (Å²) in [7, 11) is 3.92. The van der Waals surface area contributed by atoms with Crippen molar-refractivity contribution in [2.75, 3.05) is 63.8 Å². The van der Waals surface area contributed by atoms with E-state index in [0.29, 0.717) is 42.4 Å². The number of carbonyl (C=O) groups is 3. The maximum Gasteiger partial charge on any atom is 0.412 e. The Labute approximate surface area is 247 Å². The highest BCUT2D eigenvalue weighted by Gasteiger charge is 2.17. The van der Waals surface area contributed by atoms with E-state index in [9.17, 15) is 19.2 Å². The highest BCUT2D eigenvalue weighted by molar-refractivity contribution is 7.99. The molecular formula is C27H37N7O7S. The maximum atomic E-state index is 13.0. The topological polar surface area (TPSA) is 170 Å². The predicted octanol–water partition coefficient (Wildman–Crippen LogP) is 1.88. The molecule has 0 fully saturated rings. The summed E-state index contributed by atoms with van der Waals surface area (Å²) in [4.78, 5) is 60.9. The molecule has 228 valence electrons. The zero-order chi connectivity index (χ0) is 30.3. The number of hydrogen-bond donors (Lipinski definition) is 3. The summed E-state index contributed by atoms with van der Waals surface area (Å²) < 4.78 is 18.1. The van der Waals surface area contributed by atoms with Gasteiger partial charge in [0.05, 0.1) is 24.4 Å². The first-order valence-electron chi connectivity index (χ1n) is 13.5. The Kier molecular flexibility index (Phi) is 13.1. The molecule has 0 saturated heterocycles. The highest BCUT2D eigenvalue weighted by atomic mass is 32.2. The number of pyridine rings is 2. The van der Waals surface area contributed by atoms with E-state index >= 15 is 0 Å². The Morgan fingerprint density at radius 1 is 1.17 bits per heavy atom. The second kappa shape index (κ2) is 17.0. The summed E-state index contributed by atoms with van der Waals surface area (Å²) in [5.41, 5.74) is 1.18. The van der Waals surface area contributed by atoms with Crippen molar-refractivity contribution in [3.05, 3.63) is 40.4 Å². The number of ether oxygens (including phenoxy) is 3. The van der Waals surface area contributed by atoms with E-state index in [1.807, 2.05) is 32.0 Å². The molecule has 0 aliphatic heterocycles. The molecule has 42 heavy (non-hydrogen) atoms. The van der Waals surface area contributed by atoms with E-state index < -0.39 is 11.8 Å². The summed E-state index contributed by atoms with van der Waals surface area (Å²) >= 11 is 1.29. The first kappa shape index (κ1) is 32.4. The van der Waals surface area contributed by atoms with Crippen molar-refractivity contribution in [1.29, 1.82) is 0 Å². The van der Waals surface area contributed by atoms with Crippen molar-refractivity contribution in [3.8, 4) is 11.8 Å². The summed E-state index contributed by atoms with van der Waals surface area (Å²) in [5.74, 6) is 1.19. The number of rotatable bonds is 18. The summed E-state index contributed by atoms with van der Waals surface area (Å²) in [6, 6.07) is 5.23. The second-order valence-corrected chi connectivity index (χ2v) is 10.4. The molecule has 3 aromatic heterocycles. The van der Waals surface area contributed by atoms with Gasteiger partial charge in [0.25, 0.3) is 0 Å². The molecule has 15 heteroatoms. The molecule has 0 saturated carbocycles. The molecule has 2 amide bonds. The van der Waals surface area contributed by atoms with E-state index in [2.05, 4.69) is 25.6 Å². The van der Waals surface area contributed by atoms with Gasteiger partial charge in [-0.1, -0.05) is 13.0 Å². The molecular weight excluding hydrogens is 566 g/mol. The molecule has 0 aliphatic carbocycles. The van der Waals surface area contributed by atoms with Gasteiger partial charge in [0.15, 0.2) is 5.82 Å². The number of aldehydes is 1. The summed E-state index contributed by atoms with van der Waals surface area (Å²) in [6.45, 7) is 4.18. The molecule has 0 radical (unpaired) electrons. The lowest BCUT2D eigenvalue weighted by Crippen LogP contribution is -2.26. The number of aromatic nitrogens is 4. The normalized spacial score (nSPS) is 11.0. The number of aromatic amines is 1. The lowest BCUT2D eigenvalue weighted by atomic mass is 10.2. The lowest BCUT2D eigenvalue weighted by molar-refractivity contribution is -0.118. The van der Waals surface area contributed by atoms with Crippen LogP contribution in [0.4, 0.5) is 10.6 Å². The molecule has 3 aromatic rings. The van der Waals surface area contributed by atoms with Crippen LogP contribution < -0.4 is 25.8 Å². The molecule has 0 bridgehead atoms. The Morgan fingerprint density at radius 2 is 1.98 bits per heavy atom. The van der Waals surface area contributed by atoms with Gasteiger partial charge in [-0.05, 0) is 26.1 Å². The summed E-state index contributed by atoms with van der Waals surface area (Å²) in [5, 5.41) is 5.20. The molecule has 0 aromatic carbocycles. The fourth-order valence-electron chi connectivity index (χ4n) is 3.57. The number of amides is 2. The van der Waals surface area contributed by atoms with Crippen molar-refractivity contribution in [2.45, 2.75) is 26.3 Å². The van der Waals surface area contributed by atoms with Crippen molar-refractivity contribution < 1.29 is 28.6 Å². The molecule has 0 aliphatic rings. The van der Waals surface area contributed by atoms with E-state index in [4.69, 9.17) is 14.2 Å². The van der Waals surface area contributed by atoms with Gasteiger partial charge >= 0.3 is 11.8 Å². The minimum Gasteiger partial charge on any atom is -0.478 e. The number of imidazole rings is 1. The Morgan fingerprint density at radius 3 is 2.69 bits per heavy atom. The molecule has 14 nitrogen and oxygen atoms in total. The minimum atomic E-state index is -0.768. The van der Waals surface area contributed by atoms with Gasteiger partial charge in [-0.3, -0.25) is 14.7 Å². The Balaban J connectivity index is 1.66. The van der Waals surface area contributed by atoms with Gasteiger partial charge < -0.3 is 34.2 Å². The standard InChI is InChI=1S/C27H37N7O7S/c1-4-11-39-23-15-20-24(25(30-23)32-27(38)41-13-14-42-18-21(36)28-8-5-10-35)31-26(37)34(20)17-19-6-7-22(29-16-19)40-12-9-33(2)3/h6-7,10,15-16H,4-5,8-9,11-14,17-18H2,1-3H3,(H,28,36)(H,31,37)(H,30,32,38). The fourth-order valence-corrected chi connectivity index (χ4v) is 4.21. The van der Waals surface area contributed by atoms with Crippen molar-refractivity contribution in [1.82, 2.24) is 29.7 Å². The molecule has 0 spiro atoms. The van der Waals surface area contributed by atoms with Crippen LogP contribution in [0.3, 0.4) is 0 Å². The van der Waals surface area contributed by atoms with Crippen LogP contribution in [-0.4, -0.2) is 101 Å². The zero-order valence-electron chi connectivity index (χ0n) is 24.0. The largest absolute Gasteiger partial charge is 0.478 e. The van der Waals surface area contributed by atoms with Crippen LogP contribution in [-0.2, 0) is 20.9 Å². The van der Waals surface area contributed by atoms with Crippen LogP contribution in [0.25, 0.3) is 11.0 Å². The smallest absolute Gasteiger partial charge is 0.412 e. The number of anilines is 1. The SMILES string of the molecule is CCCOc1cc2c([nH]c(=O)n2Cc2ccc(OCCN(C)C)nc2)c(NC(=O)OCCSCC(=O)NCCC=O)n1. The number of carbonyl (C=O) groups excluding carboxylic acids is 3. The first-order chi connectivity index (χ1) is 20.3. The average molecular weight is 604 g/mol. The Hall–Kier alpha value is -4.11. The minimum absolute atomic E-state index is 0.0483. The second-order valence-electron chi connectivity index (χ2n) is 9.34. The number of H-pyrrole nitrogens is 1. The number of hydrogen-bond acceptors (Lipinski definition) is 11. The van der Waals surface area contributed by atoms with Gasteiger partial charge in [0.2, 0.25) is 17.7 Å². The third-order valence-corrected chi connectivity index (χ3v) is 6.54. The zero-order valence-corrected chi connectivity index (χ0v) is 24.8. The number of thioether (sulfide) groups is 1. The van der Waals surface area contributed by atoms with E-state index in [0.717, 1.165) is 24.8 Å². The maximum absolute atomic E-state index is 13.0. The molecule has 3 heterocycles. The van der Waals surface area contributed by atoms with Gasteiger partial charge in [-0.15, -0.1) is 11.8 Å².